The molecule has 1 N–H and O–H groups in total. The summed E-state index contributed by atoms with van der Waals surface area (Å²) in [5.74, 6) is 0.335. The van der Waals surface area contributed by atoms with Crippen LogP contribution < -0.4 is 0 Å². The van der Waals surface area contributed by atoms with E-state index in [9.17, 15) is 0 Å². The molecule has 0 spiro atoms. The molecular formula is C9H15N. The van der Waals surface area contributed by atoms with E-state index in [2.05, 4.69) is 0 Å². The largest absolute Gasteiger partial charge is 0.305 e. The van der Waals surface area contributed by atoms with Gasteiger partial charge >= 0.3 is 0 Å². The molecule has 10 heavy (non-hydrogen) atoms. The summed E-state index contributed by atoms with van der Waals surface area (Å²) in [4.78, 5) is 0. The molecule has 0 aliphatic rings. The molecule has 0 saturated carbocycles. The van der Waals surface area contributed by atoms with Crippen molar-refractivity contribution < 1.29 is 0 Å². The zero-order valence-corrected chi connectivity index (χ0v) is 6.89. The summed E-state index contributed by atoms with van der Waals surface area (Å²) in [5.41, 5.74) is 0.679. The number of nitrogens with one attached hydrogen (secondary N) is 1. The average Bonchev–Trinajstić information content (AvgIpc) is 1.88. The van der Waals surface area contributed by atoms with Crippen molar-refractivity contribution in [3.8, 4) is 0 Å². The van der Waals surface area contributed by atoms with Crippen LogP contribution in [-0.4, -0.2) is 5.71 Å². The Morgan fingerprint density at radius 1 is 1.30 bits per heavy atom. The van der Waals surface area contributed by atoms with Gasteiger partial charge < -0.3 is 5.41 Å². The lowest BCUT2D eigenvalue weighted by Crippen LogP contribution is -2.00. The van der Waals surface area contributed by atoms with Crippen molar-refractivity contribution in [2.75, 3.05) is 0 Å². The van der Waals surface area contributed by atoms with Gasteiger partial charge in [0.2, 0.25) is 0 Å². The first kappa shape index (κ1) is 9.15. The quantitative estimate of drug-likeness (QED) is 0.457. The SMILES string of the molecule is C/C=C/C=C\C(=N)C(C)C. The molecule has 0 aliphatic carbocycles. The molecule has 0 fully saturated rings. The molecule has 0 amide bonds. The highest BCUT2D eigenvalue weighted by Crippen LogP contribution is 1.95. The smallest absolute Gasteiger partial charge is 0.0339 e. The van der Waals surface area contributed by atoms with Gasteiger partial charge in [0.15, 0.2) is 0 Å². The molecule has 0 atom stereocenters. The van der Waals surface area contributed by atoms with Crippen LogP contribution in [0.15, 0.2) is 24.3 Å². The van der Waals surface area contributed by atoms with Gasteiger partial charge in [-0.3, -0.25) is 0 Å². The predicted octanol–water partition coefficient (Wildman–Crippen LogP) is 2.79. The van der Waals surface area contributed by atoms with Crippen molar-refractivity contribution in [2.45, 2.75) is 20.8 Å². The minimum absolute atomic E-state index is 0.335. The van der Waals surface area contributed by atoms with Gasteiger partial charge in [0, 0.05) is 5.71 Å². The zero-order chi connectivity index (χ0) is 7.98. The van der Waals surface area contributed by atoms with Gasteiger partial charge in [0.25, 0.3) is 0 Å². The molecule has 0 rings (SSSR count). The van der Waals surface area contributed by atoms with Crippen molar-refractivity contribution in [2.24, 2.45) is 5.92 Å². The highest BCUT2D eigenvalue weighted by molar-refractivity contribution is 5.93. The van der Waals surface area contributed by atoms with Gasteiger partial charge in [-0.05, 0) is 18.9 Å². The van der Waals surface area contributed by atoms with Crippen LogP contribution >= 0.6 is 0 Å². The molecule has 0 aliphatic heterocycles. The van der Waals surface area contributed by atoms with Crippen LogP contribution in [0.2, 0.25) is 0 Å². The van der Waals surface area contributed by atoms with Crippen molar-refractivity contribution in [3.63, 3.8) is 0 Å². The number of rotatable bonds is 3. The van der Waals surface area contributed by atoms with E-state index in [1.807, 2.05) is 45.1 Å². The summed E-state index contributed by atoms with van der Waals surface area (Å²) in [7, 11) is 0. The second-order valence-corrected chi connectivity index (χ2v) is 2.49. The molecule has 0 radical (unpaired) electrons. The monoisotopic (exact) mass is 137 g/mol. The topological polar surface area (TPSA) is 23.9 Å². The van der Waals surface area contributed by atoms with Crippen LogP contribution in [0.3, 0.4) is 0 Å². The number of hydrogen-bond donors (Lipinski definition) is 1. The number of hydrogen-bond acceptors (Lipinski definition) is 1. The van der Waals surface area contributed by atoms with Crippen LogP contribution in [-0.2, 0) is 0 Å². The molecule has 1 heteroatoms. The summed E-state index contributed by atoms with van der Waals surface area (Å²) < 4.78 is 0. The lowest BCUT2D eigenvalue weighted by atomic mass is 10.1. The van der Waals surface area contributed by atoms with Crippen LogP contribution in [0.1, 0.15) is 20.8 Å². The van der Waals surface area contributed by atoms with Crippen LogP contribution in [0.25, 0.3) is 0 Å². The minimum atomic E-state index is 0.335. The fraction of sp³-hybridized carbons (Fsp3) is 0.444. The Labute approximate surface area is 63.0 Å². The van der Waals surface area contributed by atoms with Gasteiger partial charge in [-0.25, -0.2) is 0 Å². The molecule has 0 aromatic rings. The molecule has 0 bridgehead atoms. The zero-order valence-electron chi connectivity index (χ0n) is 6.89. The maximum absolute atomic E-state index is 7.40. The van der Waals surface area contributed by atoms with Crippen molar-refractivity contribution in [1.29, 1.82) is 5.41 Å². The Kier molecular flexibility index (Phi) is 4.55. The minimum Gasteiger partial charge on any atom is -0.305 e. The second-order valence-electron chi connectivity index (χ2n) is 2.49. The molecular weight excluding hydrogens is 122 g/mol. The van der Waals surface area contributed by atoms with Crippen molar-refractivity contribution >= 4 is 5.71 Å². The lowest BCUT2D eigenvalue weighted by Gasteiger charge is -1.98. The van der Waals surface area contributed by atoms with Crippen LogP contribution in [0.4, 0.5) is 0 Å². The fourth-order valence-electron chi connectivity index (χ4n) is 0.463. The first-order valence-corrected chi connectivity index (χ1v) is 3.56. The Balaban J connectivity index is 3.78. The third-order valence-corrected chi connectivity index (χ3v) is 1.20. The summed E-state index contributed by atoms with van der Waals surface area (Å²) in [5, 5.41) is 7.40. The van der Waals surface area contributed by atoms with E-state index in [0.717, 1.165) is 0 Å². The molecule has 0 unspecified atom stereocenters. The first-order valence-electron chi connectivity index (χ1n) is 3.56. The van der Waals surface area contributed by atoms with E-state index in [1.54, 1.807) is 0 Å². The Morgan fingerprint density at radius 3 is 2.30 bits per heavy atom. The van der Waals surface area contributed by atoms with Gasteiger partial charge in [0.1, 0.15) is 0 Å². The highest BCUT2D eigenvalue weighted by Gasteiger charge is 1.94. The summed E-state index contributed by atoms with van der Waals surface area (Å²) >= 11 is 0. The third-order valence-electron chi connectivity index (χ3n) is 1.20. The summed E-state index contributed by atoms with van der Waals surface area (Å²) in [6, 6.07) is 0. The third kappa shape index (κ3) is 4.07. The predicted molar refractivity (Wildman–Crippen MR) is 46.5 cm³/mol. The van der Waals surface area contributed by atoms with Gasteiger partial charge in [-0.1, -0.05) is 32.1 Å². The maximum Gasteiger partial charge on any atom is 0.0339 e. The van der Waals surface area contributed by atoms with Gasteiger partial charge in [0.05, 0.1) is 0 Å². The maximum atomic E-state index is 7.40. The Hall–Kier alpha value is -0.850. The molecule has 1 nitrogen and oxygen atoms in total. The van der Waals surface area contributed by atoms with Crippen molar-refractivity contribution in [3.05, 3.63) is 24.3 Å². The summed E-state index contributed by atoms with van der Waals surface area (Å²) in [6.45, 7) is 5.99. The van der Waals surface area contributed by atoms with E-state index in [4.69, 9.17) is 5.41 Å². The van der Waals surface area contributed by atoms with Crippen LogP contribution in [0, 0.1) is 11.3 Å². The normalized spacial score (nSPS) is 12.0. The molecule has 0 aromatic carbocycles. The van der Waals surface area contributed by atoms with Crippen LogP contribution in [0.5, 0.6) is 0 Å². The van der Waals surface area contributed by atoms with Gasteiger partial charge in [-0.2, -0.15) is 0 Å². The van der Waals surface area contributed by atoms with Crippen molar-refractivity contribution in [1.82, 2.24) is 0 Å². The highest BCUT2D eigenvalue weighted by atomic mass is 14.4. The Morgan fingerprint density at radius 2 is 1.90 bits per heavy atom. The molecule has 0 saturated heterocycles. The average molecular weight is 137 g/mol. The second kappa shape index (κ2) is 4.98. The van der Waals surface area contributed by atoms with E-state index in [1.165, 1.54) is 0 Å². The van der Waals surface area contributed by atoms with E-state index >= 15 is 0 Å². The first-order chi connectivity index (χ1) is 4.68. The Bertz CT molecular complexity index is 152. The summed E-state index contributed by atoms with van der Waals surface area (Å²) in [6.07, 6.45) is 7.59. The van der Waals surface area contributed by atoms with E-state index in [-0.39, 0.29) is 0 Å². The van der Waals surface area contributed by atoms with E-state index < -0.39 is 0 Å². The van der Waals surface area contributed by atoms with E-state index in [0.29, 0.717) is 11.6 Å². The fourth-order valence-corrected chi connectivity index (χ4v) is 0.463. The molecule has 0 heterocycles. The molecule has 56 valence electrons. The lowest BCUT2D eigenvalue weighted by molar-refractivity contribution is 0.882. The molecule has 0 aromatic heterocycles. The standard InChI is InChI=1S/C9H15N/c1-4-5-6-7-9(10)8(2)3/h4-8,10H,1-3H3/b5-4+,7-6-,10-9?. The number of allylic oxidation sites excluding steroid dienone is 4. The van der Waals surface area contributed by atoms with Gasteiger partial charge in [-0.15, -0.1) is 0 Å².